The first-order valence-corrected chi connectivity index (χ1v) is 6.39. The van der Waals surface area contributed by atoms with Crippen LogP contribution in [0.2, 0.25) is 0 Å². The van der Waals surface area contributed by atoms with Crippen LogP contribution in [0.3, 0.4) is 0 Å². The van der Waals surface area contributed by atoms with Crippen LogP contribution in [-0.2, 0) is 11.3 Å². The molecule has 0 unspecified atom stereocenters. The number of hydrogen-bond acceptors (Lipinski definition) is 3. The largest absolute Gasteiger partial charge is 0.351 e. The van der Waals surface area contributed by atoms with E-state index in [0.717, 1.165) is 11.3 Å². The second kappa shape index (κ2) is 5.75. The van der Waals surface area contributed by atoms with E-state index >= 15 is 0 Å². The molecule has 16 heavy (non-hydrogen) atoms. The molecule has 1 rings (SSSR count). The van der Waals surface area contributed by atoms with Crippen molar-refractivity contribution in [3.05, 3.63) is 33.2 Å². The van der Waals surface area contributed by atoms with Gasteiger partial charge in [-0.1, -0.05) is 0 Å². The van der Waals surface area contributed by atoms with Crippen LogP contribution in [0.15, 0.2) is 10.9 Å². The molecule has 0 atom stereocenters. The molecule has 5 heteroatoms. The fraction of sp³-hybridized carbons (Fsp3) is 0.455. The van der Waals surface area contributed by atoms with Crippen molar-refractivity contribution in [1.29, 1.82) is 0 Å². The minimum atomic E-state index is -0.123. The van der Waals surface area contributed by atoms with E-state index in [1.165, 1.54) is 11.8 Å². The zero-order valence-electron chi connectivity index (χ0n) is 9.72. The average molecular weight is 240 g/mol. The maximum atomic E-state index is 11.6. The van der Waals surface area contributed by atoms with Crippen molar-refractivity contribution in [3.8, 4) is 0 Å². The van der Waals surface area contributed by atoms with Gasteiger partial charge in [0, 0.05) is 17.8 Å². The quantitative estimate of drug-likeness (QED) is 0.824. The molecule has 88 valence electrons. The predicted octanol–water partition coefficient (Wildman–Crippen LogP) is 0.971. The number of carbonyl (C=O) groups is 1. The van der Waals surface area contributed by atoms with Crippen molar-refractivity contribution in [3.63, 3.8) is 0 Å². The molecule has 0 fully saturated rings. The molecule has 0 spiro atoms. The summed E-state index contributed by atoms with van der Waals surface area (Å²) in [6, 6.07) is 1.90. The fourth-order valence-corrected chi connectivity index (χ4v) is 1.83. The molecule has 1 aromatic heterocycles. The summed E-state index contributed by atoms with van der Waals surface area (Å²) in [7, 11) is 0. The number of carbonyl (C=O) groups excluding carboxylic acids is 1. The van der Waals surface area contributed by atoms with Crippen molar-refractivity contribution in [2.45, 2.75) is 20.4 Å². The first-order valence-electron chi connectivity index (χ1n) is 4.99. The molecule has 0 saturated carbocycles. The van der Waals surface area contributed by atoms with E-state index in [1.807, 2.05) is 26.2 Å². The van der Waals surface area contributed by atoms with Crippen LogP contribution in [0.4, 0.5) is 0 Å². The van der Waals surface area contributed by atoms with Crippen molar-refractivity contribution < 1.29 is 4.79 Å². The third-order valence-corrected chi connectivity index (χ3v) is 2.78. The van der Waals surface area contributed by atoms with E-state index in [-0.39, 0.29) is 11.5 Å². The second-order valence-corrected chi connectivity index (χ2v) is 4.52. The lowest BCUT2D eigenvalue weighted by Crippen LogP contribution is -2.29. The van der Waals surface area contributed by atoms with Crippen molar-refractivity contribution in [2.24, 2.45) is 0 Å². The lowest BCUT2D eigenvalue weighted by atomic mass is 10.1. The lowest BCUT2D eigenvalue weighted by Gasteiger charge is -2.07. The number of aromatic amines is 1. The van der Waals surface area contributed by atoms with Crippen LogP contribution >= 0.6 is 11.8 Å². The summed E-state index contributed by atoms with van der Waals surface area (Å²) < 4.78 is 0. The van der Waals surface area contributed by atoms with Gasteiger partial charge in [-0.05, 0) is 31.7 Å². The van der Waals surface area contributed by atoms with Gasteiger partial charge in [0.2, 0.25) is 5.91 Å². The average Bonchev–Trinajstić information content (AvgIpc) is 2.16. The molecule has 0 radical (unpaired) electrons. The van der Waals surface area contributed by atoms with Crippen LogP contribution in [-0.4, -0.2) is 22.9 Å². The van der Waals surface area contributed by atoms with Crippen molar-refractivity contribution in [2.75, 3.05) is 12.0 Å². The molecule has 0 bridgehead atoms. The van der Waals surface area contributed by atoms with Gasteiger partial charge in [-0.2, -0.15) is 11.8 Å². The minimum Gasteiger partial charge on any atom is -0.351 e. The molecule has 1 aromatic rings. The molecule has 1 heterocycles. The number of H-pyrrole nitrogens is 1. The van der Waals surface area contributed by atoms with E-state index in [9.17, 15) is 9.59 Å². The second-order valence-electron chi connectivity index (χ2n) is 3.65. The normalized spacial score (nSPS) is 10.2. The van der Waals surface area contributed by atoms with E-state index in [1.54, 1.807) is 0 Å². The number of rotatable bonds is 4. The van der Waals surface area contributed by atoms with Gasteiger partial charge in [0.15, 0.2) is 0 Å². The first kappa shape index (κ1) is 12.8. The lowest BCUT2D eigenvalue weighted by molar-refractivity contribution is -0.118. The smallest absolute Gasteiger partial charge is 0.253 e. The van der Waals surface area contributed by atoms with E-state index in [0.29, 0.717) is 17.9 Å². The molecule has 0 aromatic carbocycles. The monoisotopic (exact) mass is 240 g/mol. The summed E-state index contributed by atoms with van der Waals surface area (Å²) in [5.41, 5.74) is 2.24. The van der Waals surface area contributed by atoms with Gasteiger partial charge < -0.3 is 10.3 Å². The number of nitrogens with one attached hydrogen (secondary N) is 2. The summed E-state index contributed by atoms with van der Waals surface area (Å²) in [6.07, 6.45) is 1.86. The maximum absolute atomic E-state index is 11.6. The predicted molar refractivity (Wildman–Crippen MR) is 66.8 cm³/mol. The Labute approximate surface area is 98.8 Å². The SMILES string of the molecule is CSCC(=O)NCc1c(C)cc(C)[nH]c1=O. The van der Waals surface area contributed by atoms with Crippen LogP contribution in [0.1, 0.15) is 16.8 Å². The Balaban J connectivity index is 2.75. The molecule has 0 aliphatic rings. The fourth-order valence-electron chi connectivity index (χ4n) is 1.47. The number of aromatic nitrogens is 1. The van der Waals surface area contributed by atoms with E-state index in [2.05, 4.69) is 10.3 Å². The van der Waals surface area contributed by atoms with Crippen LogP contribution in [0, 0.1) is 13.8 Å². The van der Waals surface area contributed by atoms with Crippen molar-refractivity contribution in [1.82, 2.24) is 10.3 Å². The van der Waals surface area contributed by atoms with Crippen molar-refractivity contribution >= 4 is 17.7 Å². The molecule has 2 N–H and O–H groups in total. The van der Waals surface area contributed by atoms with Gasteiger partial charge in [0.05, 0.1) is 5.75 Å². The highest BCUT2D eigenvalue weighted by Gasteiger charge is 2.06. The maximum Gasteiger partial charge on any atom is 0.253 e. The number of amides is 1. The molecule has 4 nitrogen and oxygen atoms in total. The number of pyridine rings is 1. The Morgan fingerprint density at radius 2 is 2.19 bits per heavy atom. The highest BCUT2D eigenvalue weighted by atomic mass is 32.2. The number of hydrogen-bond donors (Lipinski definition) is 2. The third-order valence-electron chi connectivity index (χ3n) is 2.23. The van der Waals surface area contributed by atoms with Gasteiger partial charge in [-0.3, -0.25) is 9.59 Å². The molecule has 1 amide bonds. The van der Waals surface area contributed by atoms with Gasteiger partial charge >= 0.3 is 0 Å². The number of thioether (sulfide) groups is 1. The van der Waals surface area contributed by atoms with Crippen LogP contribution in [0.25, 0.3) is 0 Å². The Kier molecular flexibility index (Phi) is 4.61. The summed E-state index contributed by atoms with van der Waals surface area (Å²) in [4.78, 5) is 25.6. The van der Waals surface area contributed by atoms with Gasteiger partial charge in [0.25, 0.3) is 5.56 Å². The van der Waals surface area contributed by atoms with Crippen LogP contribution < -0.4 is 10.9 Å². The summed E-state index contributed by atoms with van der Waals surface area (Å²) >= 11 is 1.46. The van der Waals surface area contributed by atoms with E-state index < -0.39 is 0 Å². The topological polar surface area (TPSA) is 62.0 Å². The Morgan fingerprint density at radius 3 is 2.75 bits per heavy atom. The highest BCUT2D eigenvalue weighted by Crippen LogP contribution is 2.03. The van der Waals surface area contributed by atoms with Gasteiger partial charge in [-0.25, -0.2) is 0 Å². The molecule has 0 saturated heterocycles. The highest BCUT2D eigenvalue weighted by molar-refractivity contribution is 7.99. The number of aryl methyl sites for hydroxylation is 2. The summed E-state index contributed by atoms with van der Waals surface area (Å²) in [5.74, 6) is 0.370. The van der Waals surface area contributed by atoms with Crippen LogP contribution in [0.5, 0.6) is 0 Å². The van der Waals surface area contributed by atoms with Gasteiger partial charge in [-0.15, -0.1) is 0 Å². The zero-order chi connectivity index (χ0) is 12.1. The Bertz CT molecular complexity index is 440. The standard InChI is InChI=1S/C11H16N2O2S/c1-7-4-8(2)13-11(15)9(7)5-12-10(14)6-16-3/h4H,5-6H2,1-3H3,(H,12,14)(H,13,15). The summed E-state index contributed by atoms with van der Waals surface area (Å²) in [6.45, 7) is 4.00. The third kappa shape index (κ3) is 3.41. The minimum absolute atomic E-state index is 0.0492. The van der Waals surface area contributed by atoms with Gasteiger partial charge in [0.1, 0.15) is 0 Å². The molecular formula is C11H16N2O2S. The molecular weight excluding hydrogens is 224 g/mol. The van der Waals surface area contributed by atoms with E-state index in [4.69, 9.17) is 0 Å². The zero-order valence-corrected chi connectivity index (χ0v) is 10.5. The first-order chi connectivity index (χ1) is 7.54. The Morgan fingerprint density at radius 1 is 1.50 bits per heavy atom. The molecule has 0 aliphatic carbocycles. The Hall–Kier alpha value is -1.23. The molecule has 0 aliphatic heterocycles. The summed E-state index contributed by atoms with van der Waals surface area (Å²) in [5, 5.41) is 2.72.